The molecule has 1 N–H and O–H groups in total. The molecule has 0 fully saturated rings. The third-order valence-corrected chi connectivity index (χ3v) is 3.05. The van der Waals surface area contributed by atoms with E-state index in [1.807, 2.05) is 48.1 Å². The Morgan fingerprint density at radius 2 is 1.88 bits per heavy atom. The third kappa shape index (κ3) is 7.67. The van der Waals surface area contributed by atoms with Gasteiger partial charge in [0.25, 0.3) is 6.33 Å². The Balaban J connectivity index is 0.000000333. The SMILES string of the molecule is C[n+]1ccn(NC(=O)OCc2ccccc2)c1.O=S(=O)([O-])C(F)(F)F. The molecule has 0 aliphatic rings. The summed E-state index contributed by atoms with van der Waals surface area (Å²) in [6.07, 6.45) is 4.79. The molecular weight excluding hydrogens is 367 g/mol. The number of carbonyl (C=O) groups excluding carboxylic acids is 1. The molecule has 8 nitrogen and oxygen atoms in total. The number of carbonyl (C=O) groups is 1. The van der Waals surface area contributed by atoms with Gasteiger partial charge < -0.3 is 9.29 Å². The van der Waals surface area contributed by atoms with Crippen molar-refractivity contribution in [1.82, 2.24) is 4.68 Å². The van der Waals surface area contributed by atoms with Crippen LogP contribution in [0.2, 0.25) is 0 Å². The number of rotatable bonds is 3. The predicted molar refractivity (Wildman–Crippen MR) is 77.3 cm³/mol. The highest BCUT2D eigenvalue weighted by atomic mass is 32.2. The lowest BCUT2D eigenvalue weighted by Crippen LogP contribution is -2.27. The van der Waals surface area contributed by atoms with Gasteiger partial charge >= 0.3 is 11.6 Å². The second-order valence-electron chi connectivity index (χ2n) is 4.56. The first-order valence-corrected chi connectivity index (χ1v) is 7.93. The Bertz CT molecular complexity index is 791. The number of hydrogen-bond acceptors (Lipinski definition) is 5. The predicted octanol–water partition coefficient (Wildman–Crippen LogP) is 1.24. The van der Waals surface area contributed by atoms with Gasteiger partial charge in [-0.2, -0.15) is 18.6 Å². The highest BCUT2D eigenvalue weighted by molar-refractivity contribution is 7.86. The molecule has 1 aromatic heterocycles. The van der Waals surface area contributed by atoms with E-state index in [-0.39, 0.29) is 6.61 Å². The van der Waals surface area contributed by atoms with Crippen molar-refractivity contribution >= 4 is 16.2 Å². The number of halogens is 3. The van der Waals surface area contributed by atoms with E-state index in [4.69, 9.17) is 17.7 Å². The highest BCUT2D eigenvalue weighted by Gasteiger charge is 2.36. The van der Waals surface area contributed by atoms with E-state index >= 15 is 0 Å². The zero-order chi connectivity index (χ0) is 19.1. The third-order valence-electron chi connectivity index (χ3n) is 2.49. The molecule has 0 saturated heterocycles. The maximum Gasteiger partial charge on any atom is 0.485 e. The lowest BCUT2D eigenvalue weighted by molar-refractivity contribution is -0.670. The number of benzene rings is 1. The van der Waals surface area contributed by atoms with E-state index < -0.39 is 21.7 Å². The maximum absolute atomic E-state index is 11.4. The van der Waals surface area contributed by atoms with Crippen molar-refractivity contribution in [1.29, 1.82) is 0 Å². The molecule has 0 atom stereocenters. The highest BCUT2D eigenvalue weighted by Crippen LogP contribution is 2.20. The number of amides is 1. The van der Waals surface area contributed by atoms with Crippen molar-refractivity contribution in [3.8, 4) is 0 Å². The van der Waals surface area contributed by atoms with Crippen molar-refractivity contribution in [2.45, 2.75) is 12.1 Å². The summed E-state index contributed by atoms with van der Waals surface area (Å²) in [5.74, 6) is 0. The summed E-state index contributed by atoms with van der Waals surface area (Å²) in [5, 5.41) is 0. The number of ether oxygens (including phenoxy) is 1. The number of aromatic nitrogens is 2. The average molecular weight is 381 g/mol. The van der Waals surface area contributed by atoms with Crippen LogP contribution in [0, 0.1) is 0 Å². The van der Waals surface area contributed by atoms with Gasteiger partial charge in [0.2, 0.25) is 0 Å². The van der Waals surface area contributed by atoms with Gasteiger partial charge in [-0.3, -0.25) is 0 Å². The maximum atomic E-state index is 11.4. The molecule has 25 heavy (non-hydrogen) atoms. The summed E-state index contributed by atoms with van der Waals surface area (Å²) in [4.78, 5) is 11.4. The van der Waals surface area contributed by atoms with Gasteiger partial charge in [0.05, 0.1) is 7.05 Å². The smallest absolute Gasteiger partial charge is 0.485 e. The van der Waals surface area contributed by atoms with E-state index in [1.165, 1.54) is 4.68 Å². The summed E-state index contributed by atoms with van der Waals surface area (Å²) < 4.78 is 67.3. The van der Waals surface area contributed by atoms with Gasteiger partial charge in [0, 0.05) is 0 Å². The topological polar surface area (TPSA) is 104 Å². The number of alkyl halides is 3. The van der Waals surface area contributed by atoms with Crippen LogP contribution in [0.3, 0.4) is 0 Å². The standard InChI is InChI=1S/C12H13N3O2.CHF3O3S/c1-14-7-8-15(10-14)13-12(16)17-9-11-5-3-2-4-6-11;2-1(3,4)8(5,6)7/h2-8,10H,9H2,1H3;(H,5,6,7). The normalized spacial score (nSPS) is 11.2. The number of imidazole rings is 1. The minimum absolute atomic E-state index is 0.264. The molecule has 1 aromatic carbocycles. The summed E-state index contributed by atoms with van der Waals surface area (Å²) in [7, 11) is -4.22. The van der Waals surface area contributed by atoms with Crippen LogP contribution in [0.1, 0.15) is 5.56 Å². The van der Waals surface area contributed by atoms with Crippen LogP contribution in [-0.2, 0) is 28.5 Å². The van der Waals surface area contributed by atoms with Crippen LogP contribution in [0.25, 0.3) is 0 Å². The Labute approximate surface area is 141 Å². The number of hydrogen-bond donors (Lipinski definition) is 1. The van der Waals surface area contributed by atoms with Crippen molar-refractivity contribution < 1.29 is 40.2 Å². The van der Waals surface area contributed by atoms with E-state index in [0.717, 1.165) is 5.56 Å². The van der Waals surface area contributed by atoms with Crippen molar-refractivity contribution in [2.75, 3.05) is 5.43 Å². The molecule has 0 saturated carbocycles. The first-order valence-electron chi connectivity index (χ1n) is 6.52. The molecule has 0 bridgehead atoms. The number of aryl methyl sites for hydroxylation is 1. The Morgan fingerprint density at radius 1 is 1.32 bits per heavy atom. The fourth-order valence-corrected chi connectivity index (χ4v) is 1.38. The van der Waals surface area contributed by atoms with Gasteiger partial charge in [-0.25, -0.2) is 17.8 Å². The zero-order valence-electron chi connectivity index (χ0n) is 12.8. The van der Waals surface area contributed by atoms with E-state index in [9.17, 15) is 18.0 Å². The van der Waals surface area contributed by atoms with Crippen molar-refractivity contribution in [2.24, 2.45) is 7.05 Å². The lowest BCUT2D eigenvalue weighted by Gasteiger charge is -2.08. The van der Waals surface area contributed by atoms with Gasteiger partial charge in [0.15, 0.2) is 16.3 Å². The molecule has 138 valence electrons. The molecule has 0 aliphatic heterocycles. The molecule has 12 heteroatoms. The van der Waals surface area contributed by atoms with Gasteiger partial charge in [-0.05, 0) is 5.56 Å². The fourth-order valence-electron chi connectivity index (χ4n) is 1.38. The Morgan fingerprint density at radius 3 is 2.32 bits per heavy atom. The Kier molecular flexibility index (Phi) is 6.94. The van der Waals surface area contributed by atoms with Crippen LogP contribution < -0.4 is 9.99 Å². The molecule has 2 rings (SSSR count). The molecule has 0 unspecified atom stereocenters. The second kappa shape index (κ2) is 8.48. The van der Waals surface area contributed by atoms with Crippen LogP contribution in [0.15, 0.2) is 49.1 Å². The summed E-state index contributed by atoms with van der Waals surface area (Å²) >= 11 is 0. The molecule has 0 radical (unpaired) electrons. The van der Waals surface area contributed by atoms with Crippen LogP contribution in [0.5, 0.6) is 0 Å². The largest absolute Gasteiger partial charge is 0.741 e. The molecule has 2 aromatic rings. The van der Waals surface area contributed by atoms with E-state index in [1.54, 1.807) is 12.5 Å². The van der Waals surface area contributed by atoms with E-state index in [0.29, 0.717) is 0 Å². The first kappa shape index (κ1) is 20.4. The average Bonchev–Trinajstić information content (AvgIpc) is 2.90. The molecule has 0 spiro atoms. The summed E-state index contributed by atoms with van der Waals surface area (Å²) in [5.41, 5.74) is -2.12. The molecular formula is C13H14F3N3O5S. The lowest BCUT2D eigenvalue weighted by atomic mass is 10.2. The minimum Gasteiger partial charge on any atom is -0.741 e. The second-order valence-corrected chi connectivity index (χ2v) is 5.93. The number of nitrogens with zero attached hydrogens (tertiary/aromatic N) is 2. The van der Waals surface area contributed by atoms with Gasteiger partial charge in [-0.1, -0.05) is 30.3 Å². The van der Waals surface area contributed by atoms with Crippen molar-refractivity contribution in [3.05, 3.63) is 54.6 Å². The quantitative estimate of drug-likeness (QED) is 0.489. The van der Waals surface area contributed by atoms with E-state index in [2.05, 4.69) is 5.43 Å². The summed E-state index contributed by atoms with van der Waals surface area (Å²) in [6, 6.07) is 9.54. The Hall–Kier alpha value is -2.60. The molecule has 1 heterocycles. The van der Waals surface area contributed by atoms with Gasteiger partial charge in [0.1, 0.15) is 12.8 Å². The molecule has 1 amide bonds. The van der Waals surface area contributed by atoms with Crippen LogP contribution >= 0.6 is 0 Å². The monoisotopic (exact) mass is 381 g/mol. The summed E-state index contributed by atoms with van der Waals surface area (Å²) in [6.45, 7) is 0.264. The fraction of sp³-hybridized carbons (Fsp3) is 0.231. The number of nitrogens with one attached hydrogen (secondary N) is 1. The van der Waals surface area contributed by atoms with Crippen LogP contribution in [-0.4, -0.2) is 29.2 Å². The van der Waals surface area contributed by atoms with Crippen LogP contribution in [0.4, 0.5) is 18.0 Å². The van der Waals surface area contributed by atoms with Crippen molar-refractivity contribution in [3.63, 3.8) is 0 Å². The zero-order valence-corrected chi connectivity index (χ0v) is 13.6. The molecule has 0 aliphatic carbocycles. The minimum atomic E-state index is -6.09. The van der Waals surface area contributed by atoms with Gasteiger partial charge in [-0.15, -0.1) is 4.68 Å². The first-order chi connectivity index (χ1) is 11.5.